The third-order valence-electron chi connectivity index (χ3n) is 4.81. The number of nitrogens with two attached hydrogens (primary N) is 1. The summed E-state index contributed by atoms with van der Waals surface area (Å²) in [6.07, 6.45) is 0. The zero-order chi connectivity index (χ0) is 21.0. The van der Waals surface area contributed by atoms with E-state index in [-0.39, 0.29) is 6.04 Å². The predicted octanol–water partition coefficient (Wildman–Crippen LogP) is 2.95. The Morgan fingerprint density at radius 1 is 0.966 bits per heavy atom. The van der Waals surface area contributed by atoms with Gasteiger partial charge in [0.2, 0.25) is 5.95 Å². The van der Waals surface area contributed by atoms with Crippen molar-refractivity contribution >= 4 is 22.7 Å². The van der Waals surface area contributed by atoms with Crippen molar-refractivity contribution in [1.29, 1.82) is 0 Å². The van der Waals surface area contributed by atoms with Crippen LogP contribution in [-0.2, 0) is 0 Å². The first-order chi connectivity index (χ1) is 14.0. The summed E-state index contributed by atoms with van der Waals surface area (Å²) in [5, 5.41) is 4.02. The number of nitrogen functional groups attached to an aromatic ring is 1. The minimum atomic E-state index is 0.117. The molecule has 0 bridgehead atoms. The molecule has 0 aliphatic carbocycles. The normalized spacial score (nSPS) is 12.1. The molecule has 1 heterocycles. The van der Waals surface area contributed by atoms with Gasteiger partial charge in [0.1, 0.15) is 11.6 Å². The van der Waals surface area contributed by atoms with Gasteiger partial charge < -0.3 is 30.2 Å². The molecule has 1 aromatic heterocycles. The molecule has 0 saturated heterocycles. The molecule has 8 heteroatoms. The van der Waals surface area contributed by atoms with E-state index in [0.717, 1.165) is 11.3 Å². The number of ether oxygens (including phenoxy) is 3. The van der Waals surface area contributed by atoms with E-state index < -0.39 is 0 Å². The van der Waals surface area contributed by atoms with Gasteiger partial charge in [0.05, 0.1) is 32.9 Å². The second-order valence-corrected chi connectivity index (χ2v) is 6.79. The zero-order valence-electron chi connectivity index (χ0n) is 17.4. The Morgan fingerprint density at radius 2 is 1.62 bits per heavy atom. The molecular formula is C21H27N5O3. The van der Waals surface area contributed by atoms with Crippen molar-refractivity contribution in [2.24, 2.45) is 0 Å². The smallest absolute Gasteiger partial charge is 0.225 e. The van der Waals surface area contributed by atoms with Crippen molar-refractivity contribution in [2.75, 3.05) is 53.0 Å². The van der Waals surface area contributed by atoms with Crippen LogP contribution in [0.15, 0.2) is 36.4 Å². The summed E-state index contributed by atoms with van der Waals surface area (Å²) in [4.78, 5) is 11.1. The van der Waals surface area contributed by atoms with Gasteiger partial charge in [-0.3, -0.25) is 0 Å². The van der Waals surface area contributed by atoms with Gasteiger partial charge in [-0.2, -0.15) is 4.98 Å². The van der Waals surface area contributed by atoms with E-state index in [1.807, 2.05) is 26.2 Å². The molecule has 1 atom stereocenters. The van der Waals surface area contributed by atoms with E-state index in [1.165, 1.54) is 0 Å². The fraction of sp³-hybridized carbons (Fsp3) is 0.333. The quantitative estimate of drug-likeness (QED) is 0.599. The third kappa shape index (κ3) is 4.43. The Kier molecular flexibility index (Phi) is 6.23. The largest absolute Gasteiger partial charge is 0.497 e. The van der Waals surface area contributed by atoms with Crippen LogP contribution in [0.1, 0.15) is 11.6 Å². The lowest BCUT2D eigenvalue weighted by molar-refractivity contribution is 0.311. The first-order valence-electron chi connectivity index (χ1n) is 9.20. The number of rotatable bonds is 8. The lowest BCUT2D eigenvalue weighted by Crippen LogP contribution is -2.27. The Bertz CT molecular complexity index is 976. The molecule has 0 fully saturated rings. The first-order valence-corrected chi connectivity index (χ1v) is 9.20. The summed E-state index contributed by atoms with van der Waals surface area (Å²) in [6, 6.07) is 11.7. The SMILES string of the molecule is COc1ccc(C(CNc2nc(N)c3cc(OC)c(OC)cc3n2)N(C)C)cc1. The molecule has 0 amide bonds. The fourth-order valence-electron chi connectivity index (χ4n) is 3.17. The molecule has 8 nitrogen and oxygen atoms in total. The van der Waals surface area contributed by atoms with Crippen LogP contribution in [0.2, 0.25) is 0 Å². The van der Waals surface area contributed by atoms with Crippen molar-refractivity contribution in [3.05, 3.63) is 42.0 Å². The Morgan fingerprint density at radius 3 is 2.21 bits per heavy atom. The summed E-state index contributed by atoms with van der Waals surface area (Å²) in [5.74, 6) is 2.85. The van der Waals surface area contributed by atoms with Crippen LogP contribution in [0.3, 0.4) is 0 Å². The number of hydrogen-bond donors (Lipinski definition) is 2. The number of nitrogens with one attached hydrogen (secondary N) is 1. The van der Waals surface area contributed by atoms with Crippen LogP contribution in [-0.4, -0.2) is 56.8 Å². The second kappa shape index (κ2) is 8.83. The molecule has 3 N–H and O–H groups in total. The van der Waals surface area contributed by atoms with Crippen LogP contribution >= 0.6 is 0 Å². The van der Waals surface area contributed by atoms with Crippen LogP contribution in [0.25, 0.3) is 10.9 Å². The summed E-state index contributed by atoms with van der Waals surface area (Å²) < 4.78 is 15.9. The van der Waals surface area contributed by atoms with Crippen LogP contribution < -0.4 is 25.3 Å². The van der Waals surface area contributed by atoms with E-state index in [4.69, 9.17) is 19.9 Å². The minimum absolute atomic E-state index is 0.117. The highest BCUT2D eigenvalue weighted by Crippen LogP contribution is 2.33. The molecular weight excluding hydrogens is 370 g/mol. The van der Waals surface area contributed by atoms with E-state index >= 15 is 0 Å². The predicted molar refractivity (Wildman–Crippen MR) is 115 cm³/mol. The number of hydrogen-bond acceptors (Lipinski definition) is 8. The van der Waals surface area contributed by atoms with Crippen LogP contribution in [0, 0.1) is 0 Å². The van der Waals surface area contributed by atoms with Gasteiger partial charge in [-0.1, -0.05) is 12.1 Å². The maximum atomic E-state index is 6.17. The van der Waals surface area contributed by atoms with E-state index in [1.54, 1.807) is 33.5 Å². The molecule has 3 rings (SSSR count). The molecule has 0 aliphatic heterocycles. The van der Waals surface area contributed by atoms with Gasteiger partial charge in [-0.05, 0) is 37.9 Å². The van der Waals surface area contributed by atoms with Gasteiger partial charge >= 0.3 is 0 Å². The molecule has 0 aliphatic rings. The first kappa shape index (κ1) is 20.5. The summed E-state index contributed by atoms with van der Waals surface area (Å²) in [7, 11) is 8.89. The van der Waals surface area contributed by atoms with Gasteiger partial charge in [-0.25, -0.2) is 4.98 Å². The zero-order valence-corrected chi connectivity index (χ0v) is 17.4. The van der Waals surface area contributed by atoms with Crippen molar-refractivity contribution < 1.29 is 14.2 Å². The van der Waals surface area contributed by atoms with Crippen molar-refractivity contribution in [1.82, 2.24) is 14.9 Å². The van der Waals surface area contributed by atoms with Gasteiger partial charge in [-0.15, -0.1) is 0 Å². The third-order valence-corrected chi connectivity index (χ3v) is 4.81. The molecule has 154 valence electrons. The average Bonchev–Trinajstić information content (AvgIpc) is 2.73. The molecule has 0 spiro atoms. The number of benzene rings is 2. The second-order valence-electron chi connectivity index (χ2n) is 6.79. The number of likely N-dealkylation sites (N-methyl/N-ethyl adjacent to an activating group) is 1. The minimum Gasteiger partial charge on any atom is -0.497 e. The number of nitrogens with zero attached hydrogens (tertiary/aromatic N) is 3. The highest BCUT2D eigenvalue weighted by molar-refractivity contribution is 5.91. The Labute approximate surface area is 170 Å². The maximum Gasteiger partial charge on any atom is 0.225 e. The summed E-state index contributed by atoms with van der Waals surface area (Å²) >= 11 is 0. The number of fused-ring (bicyclic) bond motifs is 1. The van der Waals surface area contributed by atoms with E-state index in [2.05, 4.69) is 32.3 Å². The highest BCUT2D eigenvalue weighted by atomic mass is 16.5. The summed E-state index contributed by atoms with van der Waals surface area (Å²) in [5.41, 5.74) is 8.01. The standard InChI is InChI=1S/C21H27N5O3/c1-26(2)17(13-6-8-14(27-3)9-7-13)12-23-21-24-16-11-19(29-5)18(28-4)10-15(16)20(22)25-21/h6-11,17H,12H2,1-5H3,(H3,22,23,24,25). The number of methoxy groups -OCH3 is 3. The monoisotopic (exact) mass is 397 g/mol. The molecule has 3 aromatic rings. The van der Waals surface area contributed by atoms with E-state index in [9.17, 15) is 0 Å². The molecule has 0 radical (unpaired) electrons. The molecule has 2 aromatic carbocycles. The average molecular weight is 397 g/mol. The topological polar surface area (TPSA) is 94.8 Å². The van der Waals surface area contributed by atoms with Crippen molar-refractivity contribution in [3.8, 4) is 17.2 Å². The number of aromatic nitrogens is 2. The maximum absolute atomic E-state index is 6.17. The highest BCUT2D eigenvalue weighted by Gasteiger charge is 2.16. The van der Waals surface area contributed by atoms with Crippen LogP contribution in [0.5, 0.6) is 17.2 Å². The van der Waals surface area contributed by atoms with Crippen molar-refractivity contribution in [2.45, 2.75) is 6.04 Å². The molecule has 1 unspecified atom stereocenters. The Hall–Kier alpha value is -3.26. The van der Waals surface area contributed by atoms with Gasteiger partial charge in [0, 0.05) is 18.0 Å². The van der Waals surface area contributed by atoms with Crippen molar-refractivity contribution in [3.63, 3.8) is 0 Å². The number of anilines is 2. The van der Waals surface area contributed by atoms with Gasteiger partial charge in [0.15, 0.2) is 11.5 Å². The van der Waals surface area contributed by atoms with Crippen LogP contribution in [0.4, 0.5) is 11.8 Å². The van der Waals surface area contributed by atoms with Gasteiger partial charge in [0.25, 0.3) is 0 Å². The Balaban J connectivity index is 1.85. The lowest BCUT2D eigenvalue weighted by atomic mass is 10.1. The molecule has 0 saturated carbocycles. The fourth-order valence-corrected chi connectivity index (χ4v) is 3.17. The van der Waals surface area contributed by atoms with E-state index in [0.29, 0.717) is 40.7 Å². The molecule has 29 heavy (non-hydrogen) atoms. The summed E-state index contributed by atoms with van der Waals surface area (Å²) in [6.45, 7) is 0.609. The lowest BCUT2D eigenvalue weighted by Gasteiger charge is -2.25.